The van der Waals surface area contributed by atoms with E-state index in [9.17, 15) is 0 Å². The molecular weight excluding hydrogens is 902 g/mol. The summed E-state index contributed by atoms with van der Waals surface area (Å²) >= 11 is 5.43. The summed E-state index contributed by atoms with van der Waals surface area (Å²) in [6.45, 7) is 27.7. The van der Waals surface area contributed by atoms with E-state index in [1.54, 1.807) is 0 Å². The van der Waals surface area contributed by atoms with Crippen LogP contribution in [0.15, 0.2) is 60.7 Å². The Bertz CT molecular complexity index is 3050. The monoisotopic (exact) mass is 948 g/mol. The second-order valence-corrected chi connectivity index (χ2v) is 19.4. The minimum atomic E-state index is 1.32. The van der Waals surface area contributed by atoms with Crippen LogP contribution in [-0.2, 0) is 0 Å². The number of aryl methyl sites for hydroxylation is 10. The van der Waals surface area contributed by atoms with Crippen LogP contribution in [0.3, 0.4) is 0 Å². The van der Waals surface area contributed by atoms with Gasteiger partial charge >= 0.3 is 0 Å². The maximum atomic E-state index is 2.71. The summed E-state index contributed by atoms with van der Waals surface area (Å²) in [5.41, 5.74) is 30.4. The first kappa shape index (κ1) is 36.3. The Kier molecular flexibility index (Phi) is 7.95. The molecule has 0 saturated carbocycles. The van der Waals surface area contributed by atoms with Gasteiger partial charge in [-0.15, -0.1) is 0 Å². The summed E-state index contributed by atoms with van der Waals surface area (Å²) in [6, 6.07) is 24.3. The van der Waals surface area contributed by atoms with Crippen LogP contribution in [0.25, 0.3) is 65.7 Å². The summed E-state index contributed by atoms with van der Waals surface area (Å²) in [5, 5.41) is 11.1. The lowest BCUT2D eigenvalue weighted by molar-refractivity contribution is 1.26. The van der Waals surface area contributed by atoms with E-state index < -0.39 is 0 Å². The molecule has 0 bridgehead atoms. The maximum absolute atomic E-state index is 2.71. The molecule has 0 nitrogen and oxygen atoms in total. The first-order chi connectivity index (χ1) is 26.6. The van der Waals surface area contributed by atoms with Gasteiger partial charge in [-0.2, -0.15) is 0 Å². The van der Waals surface area contributed by atoms with Crippen LogP contribution in [0.2, 0.25) is 0 Å². The number of fused-ring (bicyclic) bond motifs is 8. The Hall–Kier alpha value is -4.00. The largest absolute Gasteiger partial charge is 0.0557 e. The fourth-order valence-electron chi connectivity index (χ4n) is 11.4. The molecule has 0 N–H and O–H groups in total. The van der Waals surface area contributed by atoms with Gasteiger partial charge in [0.25, 0.3) is 0 Å². The Morgan fingerprint density at radius 3 is 0.946 bits per heavy atom. The minimum absolute atomic E-state index is 1.32. The average Bonchev–Trinajstić information content (AvgIpc) is 3.66. The smallest absolute Gasteiger partial charge is 0.0294 e. The molecule has 0 fully saturated rings. The first-order valence-corrected chi connectivity index (χ1v) is 22.1. The number of hydrogen-bond donors (Lipinski definition) is 0. The van der Waals surface area contributed by atoms with E-state index in [1.807, 2.05) is 0 Å². The average molecular weight is 949 g/mol. The van der Waals surface area contributed by atoms with Crippen molar-refractivity contribution in [3.63, 3.8) is 0 Å². The van der Waals surface area contributed by atoms with E-state index in [1.165, 1.54) is 172 Å². The zero-order chi connectivity index (χ0) is 39.5. The second kappa shape index (κ2) is 12.3. The lowest BCUT2D eigenvalue weighted by atomic mass is 9.85. The molecule has 0 saturated heterocycles. The van der Waals surface area contributed by atoms with Crippen molar-refractivity contribution < 1.29 is 0 Å². The molecule has 2 aliphatic carbocycles. The minimum Gasteiger partial charge on any atom is -0.0557 e. The lowest BCUT2D eigenvalue weighted by Crippen LogP contribution is -2.15. The number of rotatable bonds is 2. The van der Waals surface area contributed by atoms with Crippen molar-refractivity contribution in [2.24, 2.45) is 0 Å². The van der Waals surface area contributed by atoms with Crippen LogP contribution in [0.5, 0.6) is 0 Å². The normalized spacial score (nSPS) is 13.1. The van der Waals surface area contributed by atoms with Crippen LogP contribution < -0.4 is 10.4 Å². The van der Waals surface area contributed by atoms with Gasteiger partial charge in [-0.1, -0.05) is 71.8 Å². The van der Waals surface area contributed by atoms with Crippen molar-refractivity contribution in [2.45, 2.75) is 83.1 Å². The van der Waals surface area contributed by atoms with Crippen molar-refractivity contribution in [1.82, 2.24) is 0 Å². The predicted octanol–water partition coefficient (Wildman–Crippen LogP) is 13.9. The van der Waals surface area contributed by atoms with E-state index in [2.05, 4.69) is 189 Å². The quantitative estimate of drug-likeness (QED) is 0.120. The van der Waals surface area contributed by atoms with Gasteiger partial charge < -0.3 is 0 Å². The van der Waals surface area contributed by atoms with Crippen molar-refractivity contribution in [1.29, 1.82) is 0 Å². The fraction of sp³-hybridized carbons (Fsp3) is 0.222. The van der Waals surface area contributed by atoms with Crippen LogP contribution in [0, 0.1) is 90.2 Å². The Labute approximate surface area is 358 Å². The Morgan fingerprint density at radius 2 is 0.607 bits per heavy atom. The zero-order valence-electron chi connectivity index (χ0n) is 34.5. The highest BCUT2D eigenvalue weighted by Gasteiger charge is 2.35. The van der Waals surface area contributed by atoms with Gasteiger partial charge in [0.2, 0.25) is 0 Å². The number of hydrogen-bond acceptors (Lipinski definition) is 0. The molecule has 56 heavy (non-hydrogen) atoms. The molecule has 0 spiro atoms. The van der Waals surface area contributed by atoms with E-state index >= 15 is 0 Å². The zero-order valence-corrected chi connectivity index (χ0v) is 38.8. The molecule has 2 aliphatic rings. The van der Waals surface area contributed by atoms with Crippen LogP contribution in [0.4, 0.5) is 0 Å². The molecule has 0 atom stereocenters. The third-order valence-corrected chi connectivity index (χ3v) is 15.8. The summed E-state index contributed by atoms with van der Waals surface area (Å²) < 4.78 is 2.72. The van der Waals surface area contributed by atoms with Gasteiger partial charge in [-0.25, -0.2) is 0 Å². The molecule has 10 rings (SSSR count). The van der Waals surface area contributed by atoms with Gasteiger partial charge in [0, 0.05) is 18.3 Å². The molecule has 8 aromatic carbocycles. The third-order valence-electron chi connectivity index (χ3n) is 13.6. The molecule has 8 aromatic rings. The summed E-state index contributed by atoms with van der Waals surface area (Å²) in [4.78, 5) is 0. The van der Waals surface area contributed by atoms with Crippen LogP contribution in [0.1, 0.15) is 89.0 Å². The highest BCUT2D eigenvalue weighted by Crippen LogP contribution is 2.51. The SMILES string of the molecule is Cc1cc(C)c(C2=c3c(c(I)c4ccc5c6c(c(I)c7ccc3c4c75)-c3c(C)cc(C)c(C)c3C=6c3c(C)cc(C)cc3C)-c3c(C)cc(C)c(C)c32)c(C)c1. The standard InChI is InChI=1S/C54H46I2/c1-23-17-27(5)39(28(6)18-23)49-43-33(11)25(3)21-31(9)41(43)51-47(49)35-13-15-38-46-36(14-16-37(45(35)46)53(51)55)48-50(40-29(7)19-24(2)20-30(40)8)44-34(12)26(4)22-32(10)42(44)52(48)54(38)56/h13-22H,1-12H3. The molecule has 0 radical (unpaired) electrons. The fourth-order valence-corrected chi connectivity index (χ4v) is 13.3. The maximum Gasteiger partial charge on any atom is 0.0294 e. The van der Waals surface area contributed by atoms with E-state index in [4.69, 9.17) is 0 Å². The van der Waals surface area contributed by atoms with E-state index in [0.717, 1.165) is 0 Å². The van der Waals surface area contributed by atoms with Crippen molar-refractivity contribution in [3.8, 4) is 22.3 Å². The van der Waals surface area contributed by atoms with Gasteiger partial charge in [-0.3, -0.25) is 0 Å². The Balaban J connectivity index is 1.50. The Morgan fingerprint density at radius 1 is 0.304 bits per heavy atom. The molecular formula is C54H46I2. The molecule has 0 aromatic heterocycles. The van der Waals surface area contributed by atoms with E-state index in [0.29, 0.717) is 0 Å². The highest BCUT2D eigenvalue weighted by atomic mass is 127. The molecule has 276 valence electrons. The highest BCUT2D eigenvalue weighted by molar-refractivity contribution is 14.1. The van der Waals surface area contributed by atoms with Crippen LogP contribution >= 0.6 is 45.2 Å². The van der Waals surface area contributed by atoms with Gasteiger partial charge in [0.05, 0.1) is 0 Å². The molecule has 2 heteroatoms. The first-order valence-electron chi connectivity index (χ1n) is 19.9. The van der Waals surface area contributed by atoms with Gasteiger partial charge in [0.1, 0.15) is 0 Å². The lowest BCUT2D eigenvalue weighted by Gasteiger charge is -2.19. The summed E-state index contributed by atoms with van der Waals surface area (Å²) in [6.07, 6.45) is 0. The van der Waals surface area contributed by atoms with E-state index in [-0.39, 0.29) is 0 Å². The van der Waals surface area contributed by atoms with Crippen molar-refractivity contribution in [3.05, 3.63) is 167 Å². The second-order valence-electron chi connectivity index (χ2n) is 17.3. The van der Waals surface area contributed by atoms with Crippen molar-refractivity contribution >= 4 is 88.6 Å². The third kappa shape index (κ3) is 4.57. The number of benzene rings is 8. The predicted molar refractivity (Wildman–Crippen MR) is 259 cm³/mol. The number of halogens is 2. The van der Waals surface area contributed by atoms with Crippen molar-refractivity contribution in [2.75, 3.05) is 0 Å². The molecule has 0 unspecified atom stereocenters. The van der Waals surface area contributed by atoms with Crippen LogP contribution in [-0.4, -0.2) is 0 Å². The molecule has 0 amide bonds. The summed E-state index contributed by atoms with van der Waals surface area (Å²) in [5.74, 6) is 0. The topological polar surface area (TPSA) is 0 Å². The summed E-state index contributed by atoms with van der Waals surface area (Å²) in [7, 11) is 0. The van der Waals surface area contributed by atoms with Gasteiger partial charge in [0.15, 0.2) is 0 Å². The molecule has 0 heterocycles. The molecule has 0 aliphatic heterocycles. The van der Waals surface area contributed by atoms with Gasteiger partial charge in [-0.05, 0) is 271 Å².